The van der Waals surface area contributed by atoms with Gasteiger partial charge in [-0.05, 0) is 11.5 Å². The number of hydrogen-bond acceptors (Lipinski definition) is 6. The number of esters is 1. The number of hydroxylamine groups is 1. The Morgan fingerprint density at radius 2 is 1.92 bits per heavy atom. The summed E-state index contributed by atoms with van der Waals surface area (Å²) in [6.45, 7) is 7.81. The van der Waals surface area contributed by atoms with Crippen LogP contribution in [-0.4, -0.2) is 38.6 Å². The second-order valence-electron chi connectivity index (χ2n) is 7.32. The topological polar surface area (TPSA) is 66.0 Å². The molecule has 2 atom stereocenters. The Balaban J connectivity index is 1.84. The molecule has 1 fully saturated rings. The van der Waals surface area contributed by atoms with Crippen molar-refractivity contribution in [2.24, 2.45) is 11.3 Å². The summed E-state index contributed by atoms with van der Waals surface area (Å²) in [6, 6.07) is 9.17. The maximum absolute atomic E-state index is 12.1. The van der Waals surface area contributed by atoms with Gasteiger partial charge in [0.15, 0.2) is 6.29 Å². The van der Waals surface area contributed by atoms with Crippen molar-refractivity contribution in [2.75, 3.05) is 20.3 Å². The lowest BCUT2D eigenvalue weighted by Gasteiger charge is -2.36. The molecule has 25 heavy (non-hydrogen) atoms. The minimum Gasteiger partial charge on any atom is -0.468 e. The van der Waals surface area contributed by atoms with E-state index in [9.17, 15) is 4.79 Å². The van der Waals surface area contributed by atoms with Crippen molar-refractivity contribution in [1.82, 2.24) is 5.48 Å². The molecule has 1 aromatic carbocycles. The van der Waals surface area contributed by atoms with Crippen LogP contribution in [0.2, 0.25) is 0 Å². The summed E-state index contributed by atoms with van der Waals surface area (Å²) in [7, 11) is 1.37. The highest BCUT2D eigenvalue weighted by atomic mass is 16.7. The summed E-state index contributed by atoms with van der Waals surface area (Å²) in [5.41, 5.74) is 3.89. The van der Waals surface area contributed by atoms with E-state index in [0.29, 0.717) is 26.2 Å². The molecular weight excluding hydrogens is 322 g/mol. The Kier molecular flexibility index (Phi) is 7.38. The lowest BCUT2D eigenvalue weighted by molar-refractivity contribution is -0.229. The number of ether oxygens (including phenoxy) is 3. The van der Waals surface area contributed by atoms with E-state index in [4.69, 9.17) is 19.0 Å². The molecule has 1 saturated heterocycles. The van der Waals surface area contributed by atoms with Crippen LogP contribution in [0.25, 0.3) is 0 Å². The van der Waals surface area contributed by atoms with Crippen molar-refractivity contribution in [3.63, 3.8) is 0 Å². The van der Waals surface area contributed by atoms with Crippen LogP contribution in [0.3, 0.4) is 0 Å². The Morgan fingerprint density at radius 3 is 2.52 bits per heavy atom. The first-order valence-corrected chi connectivity index (χ1v) is 8.63. The predicted octanol–water partition coefficient (Wildman–Crippen LogP) is 2.67. The molecular formula is C19H29NO5. The number of hydrogen-bond donors (Lipinski definition) is 1. The van der Waals surface area contributed by atoms with Gasteiger partial charge in [-0.3, -0.25) is 9.63 Å². The zero-order valence-electron chi connectivity index (χ0n) is 15.5. The third kappa shape index (κ3) is 6.40. The molecule has 6 heteroatoms. The minimum absolute atomic E-state index is 0.0263. The third-order valence-electron chi connectivity index (χ3n) is 4.20. The predicted molar refractivity (Wildman–Crippen MR) is 93.4 cm³/mol. The van der Waals surface area contributed by atoms with Crippen LogP contribution in [0.15, 0.2) is 30.3 Å². The van der Waals surface area contributed by atoms with Gasteiger partial charge in [-0.15, -0.1) is 0 Å². The first kappa shape index (κ1) is 19.8. The van der Waals surface area contributed by atoms with Crippen molar-refractivity contribution in [3.8, 4) is 0 Å². The molecule has 1 heterocycles. The fraction of sp³-hybridized carbons (Fsp3) is 0.632. The molecule has 1 aliphatic rings. The number of rotatable bonds is 8. The van der Waals surface area contributed by atoms with E-state index in [0.717, 1.165) is 5.56 Å². The quantitative estimate of drug-likeness (QED) is 0.574. The van der Waals surface area contributed by atoms with Crippen molar-refractivity contribution in [2.45, 2.75) is 46.1 Å². The fourth-order valence-electron chi connectivity index (χ4n) is 2.62. The molecule has 0 aliphatic carbocycles. The van der Waals surface area contributed by atoms with Gasteiger partial charge < -0.3 is 14.2 Å². The molecule has 1 aromatic rings. The molecule has 0 spiro atoms. The summed E-state index contributed by atoms with van der Waals surface area (Å²) in [5.74, 6) is -0.439. The molecule has 0 amide bonds. The average Bonchev–Trinajstić information content (AvgIpc) is 2.60. The molecule has 0 saturated carbocycles. The summed E-state index contributed by atoms with van der Waals surface area (Å²) < 4.78 is 16.4. The van der Waals surface area contributed by atoms with Gasteiger partial charge in [-0.1, -0.05) is 51.1 Å². The van der Waals surface area contributed by atoms with E-state index in [1.807, 2.05) is 37.3 Å². The summed E-state index contributed by atoms with van der Waals surface area (Å²) in [6.07, 6.45) is 0.267. The molecule has 140 valence electrons. The van der Waals surface area contributed by atoms with Crippen molar-refractivity contribution in [3.05, 3.63) is 35.9 Å². The molecule has 1 N–H and O–H groups in total. The third-order valence-corrected chi connectivity index (χ3v) is 4.20. The minimum atomic E-state index is -0.587. The molecule has 6 nitrogen and oxygen atoms in total. The van der Waals surface area contributed by atoms with E-state index in [2.05, 4.69) is 19.3 Å². The summed E-state index contributed by atoms with van der Waals surface area (Å²) >= 11 is 0. The van der Waals surface area contributed by atoms with Crippen molar-refractivity contribution in [1.29, 1.82) is 0 Å². The Hall–Kier alpha value is -1.47. The van der Waals surface area contributed by atoms with Crippen LogP contribution in [-0.2, 0) is 30.4 Å². The van der Waals surface area contributed by atoms with Crippen LogP contribution < -0.4 is 5.48 Å². The van der Waals surface area contributed by atoms with Gasteiger partial charge >= 0.3 is 5.97 Å². The second kappa shape index (κ2) is 9.29. The van der Waals surface area contributed by atoms with Gasteiger partial charge in [-0.2, -0.15) is 5.48 Å². The molecule has 0 bridgehead atoms. The number of carbonyl (C=O) groups excluding carboxylic acids is 1. The van der Waals surface area contributed by atoms with Gasteiger partial charge in [0.05, 0.1) is 26.9 Å². The number of carbonyl (C=O) groups is 1. The van der Waals surface area contributed by atoms with Crippen LogP contribution in [0.4, 0.5) is 0 Å². The molecule has 0 aromatic heterocycles. The Bertz CT molecular complexity index is 524. The normalized spacial score (nSPS) is 20.0. The van der Waals surface area contributed by atoms with Crippen LogP contribution in [0.5, 0.6) is 0 Å². The largest absolute Gasteiger partial charge is 0.468 e. The van der Waals surface area contributed by atoms with Crippen molar-refractivity contribution >= 4 is 5.97 Å². The Labute approximate surface area is 149 Å². The van der Waals surface area contributed by atoms with E-state index in [-0.39, 0.29) is 23.6 Å². The fourth-order valence-corrected chi connectivity index (χ4v) is 2.62. The maximum Gasteiger partial charge on any atom is 0.325 e. The first-order valence-electron chi connectivity index (χ1n) is 8.63. The van der Waals surface area contributed by atoms with Crippen LogP contribution in [0.1, 0.15) is 32.8 Å². The number of benzene rings is 1. The van der Waals surface area contributed by atoms with E-state index in [1.165, 1.54) is 7.11 Å². The van der Waals surface area contributed by atoms with Gasteiger partial charge in [0.1, 0.15) is 6.04 Å². The zero-order valence-corrected chi connectivity index (χ0v) is 15.5. The standard InChI is InChI=1S/C19H29NO5/c1-14(10-16-23-12-19(2,3)13-24-16)17(18(21)22-4)20-25-11-15-8-6-5-7-9-15/h5-9,14,16-17,20H,10-13H2,1-4H3. The van der Waals surface area contributed by atoms with Crippen LogP contribution >= 0.6 is 0 Å². The molecule has 1 aliphatic heterocycles. The highest BCUT2D eigenvalue weighted by molar-refractivity contribution is 5.75. The second-order valence-corrected chi connectivity index (χ2v) is 7.32. The highest BCUT2D eigenvalue weighted by Crippen LogP contribution is 2.26. The summed E-state index contributed by atoms with van der Waals surface area (Å²) in [4.78, 5) is 17.6. The smallest absolute Gasteiger partial charge is 0.325 e. The average molecular weight is 351 g/mol. The highest BCUT2D eigenvalue weighted by Gasteiger charge is 2.33. The lowest BCUT2D eigenvalue weighted by Crippen LogP contribution is -2.45. The van der Waals surface area contributed by atoms with Gasteiger partial charge in [0.2, 0.25) is 0 Å². The van der Waals surface area contributed by atoms with E-state index >= 15 is 0 Å². The van der Waals surface area contributed by atoms with Crippen LogP contribution in [0, 0.1) is 11.3 Å². The first-order chi connectivity index (χ1) is 11.9. The maximum atomic E-state index is 12.1. The summed E-state index contributed by atoms with van der Waals surface area (Å²) in [5, 5.41) is 0. The zero-order chi connectivity index (χ0) is 18.3. The van der Waals surface area contributed by atoms with Gasteiger partial charge in [0, 0.05) is 11.8 Å². The number of nitrogens with one attached hydrogen (secondary N) is 1. The number of methoxy groups -OCH3 is 1. The molecule has 2 rings (SSSR count). The van der Waals surface area contributed by atoms with E-state index in [1.54, 1.807) is 0 Å². The SMILES string of the molecule is COC(=O)C(NOCc1ccccc1)C(C)CC1OCC(C)(C)CO1. The molecule has 2 unspecified atom stereocenters. The van der Waals surface area contributed by atoms with Gasteiger partial charge in [-0.25, -0.2) is 0 Å². The lowest BCUT2D eigenvalue weighted by atomic mass is 9.94. The Morgan fingerprint density at radius 1 is 1.28 bits per heavy atom. The monoisotopic (exact) mass is 351 g/mol. The van der Waals surface area contributed by atoms with Gasteiger partial charge in [0.25, 0.3) is 0 Å². The van der Waals surface area contributed by atoms with Crippen molar-refractivity contribution < 1.29 is 23.8 Å². The van der Waals surface area contributed by atoms with E-state index < -0.39 is 6.04 Å². The molecule has 0 radical (unpaired) electrons.